The number of alkyl halides is 3. The van der Waals surface area contributed by atoms with Gasteiger partial charge in [-0.15, -0.1) is 12.4 Å². The number of nitrogens with two attached hydrogens (primary N) is 1. The van der Waals surface area contributed by atoms with E-state index in [1.165, 1.54) is 12.1 Å². The number of fused-ring (bicyclic) bond motifs is 1. The summed E-state index contributed by atoms with van der Waals surface area (Å²) >= 11 is -0.136. The van der Waals surface area contributed by atoms with Gasteiger partial charge in [0.15, 0.2) is 0 Å². The zero-order chi connectivity index (χ0) is 11.8. The Morgan fingerprint density at radius 3 is 2.71 bits per heavy atom. The number of thioether (sulfide) groups is 1. The summed E-state index contributed by atoms with van der Waals surface area (Å²) in [6, 6.07) is 4.16. The Kier molecular flexibility index (Phi) is 4.57. The Labute approximate surface area is 107 Å². The van der Waals surface area contributed by atoms with Crippen LogP contribution < -0.4 is 10.5 Å². The Morgan fingerprint density at radius 2 is 2.06 bits per heavy atom. The highest BCUT2D eigenvalue weighted by atomic mass is 35.5. The van der Waals surface area contributed by atoms with Crippen molar-refractivity contribution in [2.45, 2.75) is 22.9 Å². The molecule has 0 saturated carbocycles. The zero-order valence-electron chi connectivity index (χ0n) is 8.66. The van der Waals surface area contributed by atoms with E-state index < -0.39 is 5.51 Å². The Bertz CT molecular complexity index is 400. The van der Waals surface area contributed by atoms with Crippen LogP contribution in [0.3, 0.4) is 0 Å². The molecule has 1 atom stereocenters. The van der Waals surface area contributed by atoms with Crippen molar-refractivity contribution < 1.29 is 17.9 Å². The number of benzene rings is 1. The van der Waals surface area contributed by atoms with Gasteiger partial charge >= 0.3 is 5.51 Å². The first-order valence-corrected chi connectivity index (χ1v) is 5.55. The molecular formula is C10H11ClF3NOS. The first kappa shape index (κ1) is 14.5. The molecule has 1 aliphatic heterocycles. The summed E-state index contributed by atoms with van der Waals surface area (Å²) in [5.41, 5.74) is 2.19. The molecule has 2 nitrogen and oxygen atoms in total. The van der Waals surface area contributed by atoms with E-state index in [0.29, 0.717) is 24.3 Å². The maximum absolute atomic E-state index is 12.2. The molecule has 2 rings (SSSR count). The van der Waals surface area contributed by atoms with Crippen LogP contribution in [-0.4, -0.2) is 12.1 Å². The third kappa shape index (κ3) is 3.69. The number of ether oxygens (including phenoxy) is 1. The van der Waals surface area contributed by atoms with Crippen LogP contribution in [0.1, 0.15) is 18.0 Å². The smallest absolute Gasteiger partial charge is 0.446 e. The average molecular weight is 286 g/mol. The molecule has 0 amide bonds. The average Bonchev–Trinajstić information content (AvgIpc) is 2.17. The van der Waals surface area contributed by atoms with E-state index in [-0.39, 0.29) is 35.1 Å². The van der Waals surface area contributed by atoms with Gasteiger partial charge in [-0.3, -0.25) is 0 Å². The quantitative estimate of drug-likeness (QED) is 0.802. The second-order valence-electron chi connectivity index (χ2n) is 3.49. The molecule has 96 valence electrons. The topological polar surface area (TPSA) is 35.2 Å². The third-order valence-corrected chi connectivity index (χ3v) is 3.02. The van der Waals surface area contributed by atoms with Crippen molar-refractivity contribution in [3.8, 4) is 5.75 Å². The number of hydrogen-bond donors (Lipinski definition) is 1. The molecule has 0 aliphatic carbocycles. The largest absolute Gasteiger partial charge is 0.493 e. The molecule has 0 radical (unpaired) electrons. The molecule has 1 aromatic carbocycles. The molecule has 0 aromatic heterocycles. The first-order chi connectivity index (χ1) is 7.46. The first-order valence-electron chi connectivity index (χ1n) is 4.74. The normalized spacial score (nSPS) is 18.9. The maximum atomic E-state index is 12.2. The highest BCUT2D eigenvalue weighted by molar-refractivity contribution is 8.00. The van der Waals surface area contributed by atoms with E-state index in [4.69, 9.17) is 10.5 Å². The predicted molar refractivity (Wildman–Crippen MR) is 62.6 cm³/mol. The van der Waals surface area contributed by atoms with Gasteiger partial charge in [0, 0.05) is 22.9 Å². The molecule has 0 bridgehead atoms. The minimum atomic E-state index is -4.27. The van der Waals surface area contributed by atoms with E-state index in [0.717, 1.165) is 0 Å². The van der Waals surface area contributed by atoms with E-state index in [1.807, 2.05) is 0 Å². The number of hydrogen-bond acceptors (Lipinski definition) is 3. The molecule has 2 N–H and O–H groups in total. The van der Waals surface area contributed by atoms with E-state index in [1.54, 1.807) is 6.07 Å². The van der Waals surface area contributed by atoms with Crippen molar-refractivity contribution in [2.24, 2.45) is 5.73 Å². The molecule has 7 heteroatoms. The lowest BCUT2D eigenvalue weighted by Crippen LogP contribution is -2.20. The van der Waals surface area contributed by atoms with Crippen molar-refractivity contribution in [3.63, 3.8) is 0 Å². The van der Waals surface area contributed by atoms with Crippen molar-refractivity contribution in [3.05, 3.63) is 23.8 Å². The summed E-state index contributed by atoms with van der Waals surface area (Å²) in [7, 11) is 0. The van der Waals surface area contributed by atoms with Crippen molar-refractivity contribution in [1.82, 2.24) is 0 Å². The Morgan fingerprint density at radius 1 is 1.35 bits per heavy atom. The van der Waals surface area contributed by atoms with Crippen LogP contribution >= 0.6 is 24.2 Å². The summed E-state index contributed by atoms with van der Waals surface area (Å²) < 4.78 is 41.8. The molecule has 1 aliphatic rings. The monoisotopic (exact) mass is 285 g/mol. The van der Waals surface area contributed by atoms with Gasteiger partial charge in [-0.05, 0) is 30.0 Å². The van der Waals surface area contributed by atoms with E-state index in [2.05, 4.69) is 0 Å². The van der Waals surface area contributed by atoms with Crippen LogP contribution in [0.25, 0.3) is 0 Å². The molecule has 0 saturated heterocycles. The Balaban J connectivity index is 0.00000144. The summed E-state index contributed by atoms with van der Waals surface area (Å²) in [5, 5.41) is 0. The minimum absolute atomic E-state index is 0. The van der Waals surface area contributed by atoms with Crippen LogP contribution in [0.2, 0.25) is 0 Å². The summed E-state index contributed by atoms with van der Waals surface area (Å²) in [6.07, 6.45) is 0.632. The van der Waals surface area contributed by atoms with Gasteiger partial charge < -0.3 is 10.5 Å². The van der Waals surface area contributed by atoms with Crippen LogP contribution in [0.5, 0.6) is 5.75 Å². The van der Waals surface area contributed by atoms with Crippen LogP contribution in [0, 0.1) is 0 Å². The highest BCUT2D eigenvalue weighted by Gasteiger charge is 2.30. The summed E-state index contributed by atoms with van der Waals surface area (Å²) in [5.74, 6) is 0.588. The standard InChI is InChI=1S/C10H10F3NOS.ClH/c11-10(12,13)16-6-1-2-9-7(5-6)8(14)3-4-15-9;/h1-2,5,8H,3-4,14H2;1H/t8-;/m1./s1. The lowest BCUT2D eigenvalue weighted by atomic mass is 10.0. The lowest BCUT2D eigenvalue weighted by Gasteiger charge is -2.23. The molecule has 0 unspecified atom stereocenters. The predicted octanol–water partition coefficient (Wildman–Crippen LogP) is 3.50. The fraction of sp³-hybridized carbons (Fsp3) is 0.400. The third-order valence-electron chi connectivity index (χ3n) is 2.30. The highest BCUT2D eigenvalue weighted by Crippen LogP contribution is 2.40. The molecule has 1 aromatic rings. The number of halogens is 4. The fourth-order valence-corrected chi connectivity index (χ4v) is 2.19. The van der Waals surface area contributed by atoms with Gasteiger partial charge in [-0.2, -0.15) is 13.2 Å². The van der Waals surface area contributed by atoms with Crippen LogP contribution in [0.4, 0.5) is 13.2 Å². The zero-order valence-corrected chi connectivity index (χ0v) is 10.3. The van der Waals surface area contributed by atoms with Crippen LogP contribution in [-0.2, 0) is 0 Å². The van der Waals surface area contributed by atoms with Crippen molar-refractivity contribution in [2.75, 3.05) is 6.61 Å². The molecule has 1 heterocycles. The lowest BCUT2D eigenvalue weighted by molar-refractivity contribution is -0.0328. The fourth-order valence-electron chi connectivity index (χ4n) is 1.60. The molecular weight excluding hydrogens is 275 g/mol. The molecule has 17 heavy (non-hydrogen) atoms. The second kappa shape index (κ2) is 5.37. The molecule has 0 spiro atoms. The van der Waals surface area contributed by atoms with Gasteiger partial charge in [-0.25, -0.2) is 0 Å². The number of rotatable bonds is 1. The van der Waals surface area contributed by atoms with E-state index >= 15 is 0 Å². The summed E-state index contributed by atoms with van der Waals surface area (Å²) in [6.45, 7) is 0.514. The molecule has 0 fully saturated rings. The van der Waals surface area contributed by atoms with Gasteiger partial charge in [0.1, 0.15) is 5.75 Å². The second-order valence-corrected chi connectivity index (χ2v) is 4.63. The SMILES string of the molecule is Cl.N[C@@H]1CCOc2ccc(SC(F)(F)F)cc21. The van der Waals surface area contributed by atoms with Gasteiger partial charge in [0.2, 0.25) is 0 Å². The Hall–Kier alpha value is -0.590. The summed E-state index contributed by atoms with van der Waals surface area (Å²) in [4.78, 5) is 0.146. The van der Waals surface area contributed by atoms with Gasteiger partial charge in [0.25, 0.3) is 0 Å². The van der Waals surface area contributed by atoms with Gasteiger partial charge in [-0.1, -0.05) is 0 Å². The van der Waals surface area contributed by atoms with Gasteiger partial charge in [0.05, 0.1) is 6.61 Å². The minimum Gasteiger partial charge on any atom is -0.493 e. The van der Waals surface area contributed by atoms with E-state index in [9.17, 15) is 13.2 Å². The van der Waals surface area contributed by atoms with Crippen LogP contribution in [0.15, 0.2) is 23.1 Å². The van der Waals surface area contributed by atoms with Crippen molar-refractivity contribution >= 4 is 24.2 Å². The van der Waals surface area contributed by atoms with Crippen molar-refractivity contribution in [1.29, 1.82) is 0 Å². The maximum Gasteiger partial charge on any atom is 0.446 e.